The molecule has 8 nitrogen and oxygen atoms in total. The van der Waals surface area contributed by atoms with Gasteiger partial charge in [-0.05, 0) is 66.4 Å². The quantitative estimate of drug-likeness (QED) is 0.226. The molecule has 0 N–H and O–H groups in total. The largest absolute Gasteiger partial charge is 0.486 e. The van der Waals surface area contributed by atoms with Crippen molar-refractivity contribution in [3.8, 4) is 16.9 Å². The van der Waals surface area contributed by atoms with Crippen LogP contribution in [-0.4, -0.2) is 58.5 Å². The van der Waals surface area contributed by atoms with Gasteiger partial charge in [-0.3, -0.25) is 13.9 Å². The number of hydrogen-bond donors (Lipinski definition) is 0. The molecule has 0 aromatic heterocycles. The number of carbonyl (C=O) groups is 2. The summed E-state index contributed by atoms with van der Waals surface area (Å²) in [6, 6.07) is 12.6. The molecule has 1 amide bonds. The van der Waals surface area contributed by atoms with Gasteiger partial charge in [0.1, 0.15) is 6.61 Å². The summed E-state index contributed by atoms with van der Waals surface area (Å²) in [5.74, 6) is -1.06. The summed E-state index contributed by atoms with van der Waals surface area (Å²) in [5, 5.41) is 0.403. The highest BCUT2D eigenvalue weighted by Gasteiger charge is 2.36. The van der Waals surface area contributed by atoms with Crippen LogP contribution in [0, 0.1) is 11.7 Å². The Labute approximate surface area is 263 Å². The SMILES string of the molecule is CCC(=O)N1CCC(C(=O)OC)CC1.O=S(=O)(c1cccc(C(F)(F)F)c1)N1CCOc2c(F)cc(-c3cccc(Cl)c3)cc21. The van der Waals surface area contributed by atoms with Crippen LogP contribution in [0.1, 0.15) is 31.7 Å². The minimum absolute atomic E-state index is 0.0130. The lowest BCUT2D eigenvalue weighted by Crippen LogP contribution is -2.40. The maximum absolute atomic E-state index is 14.8. The number of methoxy groups -OCH3 is 1. The second kappa shape index (κ2) is 14.1. The fourth-order valence-corrected chi connectivity index (χ4v) is 6.74. The highest BCUT2D eigenvalue weighted by Crippen LogP contribution is 2.41. The van der Waals surface area contributed by atoms with Gasteiger partial charge in [0.15, 0.2) is 11.6 Å². The molecule has 2 heterocycles. The highest BCUT2D eigenvalue weighted by molar-refractivity contribution is 7.92. The number of benzene rings is 3. The van der Waals surface area contributed by atoms with E-state index in [0.717, 1.165) is 35.3 Å². The van der Waals surface area contributed by atoms with Crippen molar-refractivity contribution in [3.63, 3.8) is 0 Å². The normalized spacial score (nSPS) is 15.4. The predicted molar refractivity (Wildman–Crippen MR) is 160 cm³/mol. The van der Waals surface area contributed by atoms with Gasteiger partial charge in [0.05, 0.1) is 35.7 Å². The van der Waals surface area contributed by atoms with Crippen LogP contribution in [0.5, 0.6) is 5.75 Å². The molecule has 5 rings (SSSR count). The lowest BCUT2D eigenvalue weighted by molar-refractivity contribution is -0.148. The number of fused-ring (bicyclic) bond motifs is 1. The molecule has 0 bridgehead atoms. The van der Waals surface area contributed by atoms with Gasteiger partial charge in [0.25, 0.3) is 10.0 Å². The summed E-state index contributed by atoms with van der Waals surface area (Å²) in [6.45, 7) is 2.89. The highest BCUT2D eigenvalue weighted by atomic mass is 35.5. The number of sulfonamides is 1. The van der Waals surface area contributed by atoms with Crippen LogP contribution in [-0.2, 0) is 30.5 Å². The van der Waals surface area contributed by atoms with E-state index in [1.54, 1.807) is 24.3 Å². The van der Waals surface area contributed by atoms with Crippen molar-refractivity contribution >= 4 is 39.2 Å². The second-order valence-electron chi connectivity index (χ2n) is 10.3. The number of esters is 1. The number of ether oxygens (including phenoxy) is 2. The van der Waals surface area contributed by atoms with Gasteiger partial charge in [-0.15, -0.1) is 0 Å². The van der Waals surface area contributed by atoms with E-state index in [0.29, 0.717) is 41.7 Å². The van der Waals surface area contributed by atoms with Crippen molar-refractivity contribution in [1.82, 2.24) is 4.90 Å². The minimum Gasteiger partial charge on any atom is -0.486 e. The molecule has 45 heavy (non-hydrogen) atoms. The first kappa shape index (κ1) is 34.0. The standard InChI is InChI=1S/C21H14ClF4NO3S.C10H17NO3/c22-16-5-1-3-13(9-16)14-10-18(23)20-19(11-14)27(7-8-30-20)31(28,29)17-6-2-4-15(12-17)21(24,25)26;1-3-9(12)11-6-4-8(5-7-11)10(13)14-2/h1-6,9-12H,7-8H2;8H,3-7H2,1-2H3. The summed E-state index contributed by atoms with van der Waals surface area (Å²) in [6.07, 6.45) is -2.69. The van der Waals surface area contributed by atoms with Gasteiger partial charge in [0, 0.05) is 24.5 Å². The van der Waals surface area contributed by atoms with E-state index < -0.39 is 32.5 Å². The summed E-state index contributed by atoms with van der Waals surface area (Å²) in [4.78, 5) is 23.8. The Hall–Kier alpha value is -3.84. The van der Waals surface area contributed by atoms with Crippen molar-refractivity contribution in [3.05, 3.63) is 77.1 Å². The van der Waals surface area contributed by atoms with Gasteiger partial charge >= 0.3 is 12.1 Å². The zero-order valence-corrected chi connectivity index (χ0v) is 26.0. The maximum Gasteiger partial charge on any atom is 0.416 e. The molecule has 0 aliphatic carbocycles. The maximum atomic E-state index is 14.8. The number of amides is 1. The number of rotatable bonds is 5. The van der Waals surface area contributed by atoms with Crippen LogP contribution >= 0.6 is 11.6 Å². The van der Waals surface area contributed by atoms with Gasteiger partial charge in [-0.1, -0.05) is 36.7 Å². The Morgan fingerprint density at radius 3 is 2.31 bits per heavy atom. The van der Waals surface area contributed by atoms with Gasteiger partial charge in [0.2, 0.25) is 5.91 Å². The number of piperidine rings is 1. The molecule has 0 radical (unpaired) electrons. The number of nitrogens with zero attached hydrogens (tertiary/aromatic N) is 2. The molecule has 0 saturated carbocycles. The zero-order valence-electron chi connectivity index (χ0n) is 24.4. The molecule has 2 aliphatic heterocycles. The van der Waals surface area contributed by atoms with E-state index in [2.05, 4.69) is 4.74 Å². The van der Waals surface area contributed by atoms with Crippen LogP contribution in [0.3, 0.4) is 0 Å². The van der Waals surface area contributed by atoms with E-state index in [4.69, 9.17) is 16.3 Å². The lowest BCUT2D eigenvalue weighted by Gasteiger charge is -2.31. The molecule has 242 valence electrons. The number of anilines is 1. The summed E-state index contributed by atoms with van der Waals surface area (Å²) in [7, 11) is -3.01. The third-order valence-electron chi connectivity index (χ3n) is 7.43. The number of alkyl halides is 3. The Kier molecular flexibility index (Phi) is 10.6. The first-order valence-corrected chi connectivity index (χ1v) is 15.9. The molecule has 1 fully saturated rings. The first-order valence-electron chi connectivity index (χ1n) is 14.0. The molecule has 3 aromatic rings. The molecular formula is C31H31ClF4N2O6S. The van der Waals surface area contributed by atoms with Crippen molar-refractivity contribution in [2.24, 2.45) is 5.92 Å². The topological polar surface area (TPSA) is 93.2 Å². The molecule has 1 saturated heterocycles. The number of halogens is 5. The molecular weight excluding hydrogens is 640 g/mol. The third-order valence-corrected chi connectivity index (χ3v) is 9.47. The van der Waals surface area contributed by atoms with Crippen LogP contribution in [0.25, 0.3) is 11.1 Å². The van der Waals surface area contributed by atoms with Gasteiger partial charge in [-0.25, -0.2) is 12.8 Å². The monoisotopic (exact) mass is 670 g/mol. The Balaban J connectivity index is 0.000000276. The van der Waals surface area contributed by atoms with Gasteiger partial charge in [-0.2, -0.15) is 13.2 Å². The molecule has 14 heteroatoms. The lowest BCUT2D eigenvalue weighted by atomic mass is 9.97. The molecule has 0 atom stereocenters. The summed E-state index contributed by atoms with van der Waals surface area (Å²) in [5.41, 5.74) is -0.316. The fraction of sp³-hybridized carbons (Fsp3) is 0.355. The Morgan fingerprint density at radius 2 is 1.69 bits per heavy atom. The van der Waals surface area contributed by atoms with E-state index in [1.165, 1.54) is 19.2 Å². The first-order chi connectivity index (χ1) is 21.3. The number of hydrogen-bond acceptors (Lipinski definition) is 6. The van der Waals surface area contributed by atoms with Crippen LogP contribution in [0.2, 0.25) is 5.02 Å². The van der Waals surface area contributed by atoms with Crippen LogP contribution in [0.4, 0.5) is 23.2 Å². The summed E-state index contributed by atoms with van der Waals surface area (Å²) >= 11 is 5.99. The van der Waals surface area contributed by atoms with E-state index in [1.807, 2.05) is 11.8 Å². The van der Waals surface area contributed by atoms with E-state index in [9.17, 15) is 35.6 Å². The summed E-state index contributed by atoms with van der Waals surface area (Å²) < 4.78 is 91.3. The second-order valence-corrected chi connectivity index (χ2v) is 12.6. The predicted octanol–water partition coefficient (Wildman–Crippen LogP) is 6.56. The third kappa shape index (κ3) is 7.88. The van der Waals surface area contributed by atoms with Crippen molar-refractivity contribution in [2.45, 2.75) is 37.3 Å². The Bertz CT molecular complexity index is 1640. The zero-order chi connectivity index (χ0) is 32.9. The average Bonchev–Trinajstić information content (AvgIpc) is 3.03. The molecule has 0 spiro atoms. The minimum atomic E-state index is -4.71. The average molecular weight is 671 g/mol. The van der Waals surface area contributed by atoms with Crippen LogP contribution < -0.4 is 9.04 Å². The van der Waals surface area contributed by atoms with Crippen LogP contribution in [0.15, 0.2) is 65.6 Å². The Morgan fingerprint density at radius 1 is 1.00 bits per heavy atom. The smallest absolute Gasteiger partial charge is 0.416 e. The van der Waals surface area contributed by atoms with Crippen molar-refractivity contribution in [1.29, 1.82) is 0 Å². The van der Waals surface area contributed by atoms with E-state index in [-0.39, 0.29) is 42.4 Å². The fourth-order valence-electron chi connectivity index (χ4n) is 5.06. The molecule has 3 aromatic carbocycles. The van der Waals surface area contributed by atoms with Crippen molar-refractivity contribution in [2.75, 3.05) is 37.7 Å². The van der Waals surface area contributed by atoms with Gasteiger partial charge < -0.3 is 14.4 Å². The van der Waals surface area contributed by atoms with E-state index >= 15 is 0 Å². The van der Waals surface area contributed by atoms with Crippen molar-refractivity contribution < 1.29 is 45.0 Å². The molecule has 2 aliphatic rings. The molecule has 0 unspecified atom stereocenters. The number of likely N-dealkylation sites (tertiary alicyclic amines) is 1. The number of carbonyl (C=O) groups excluding carboxylic acids is 2.